The smallest absolute Gasteiger partial charge is 0.269 e. The summed E-state index contributed by atoms with van der Waals surface area (Å²) in [5.41, 5.74) is 0.0982. The highest BCUT2D eigenvalue weighted by molar-refractivity contribution is 7.93. The van der Waals surface area contributed by atoms with Gasteiger partial charge in [-0.3, -0.25) is 19.2 Å². The lowest BCUT2D eigenvalue weighted by molar-refractivity contribution is -0.384. The van der Waals surface area contributed by atoms with Gasteiger partial charge in [0.25, 0.3) is 15.7 Å². The van der Waals surface area contributed by atoms with E-state index in [4.69, 9.17) is 34.8 Å². The Morgan fingerprint density at radius 2 is 1.85 bits per heavy atom. The molecular weight excluding hydrogens is 427 g/mol. The lowest BCUT2D eigenvalue weighted by atomic mass is 10.2. The van der Waals surface area contributed by atoms with Crippen LogP contribution in [0.3, 0.4) is 0 Å². The Labute approximate surface area is 164 Å². The molecule has 0 aromatic heterocycles. The van der Waals surface area contributed by atoms with E-state index in [1.807, 2.05) is 0 Å². The van der Waals surface area contributed by atoms with E-state index in [2.05, 4.69) is 0 Å². The van der Waals surface area contributed by atoms with Crippen molar-refractivity contribution in [1.29, 1.82) is 0 Å². The Morgan fingerprint density at radius 1 is 1.19 bits per heavy atom. The van der Waals surface area contributed by atoms with Gasteiger partial charge in [-0.1, -0.05) is 23.2 Å². The van der Waals surface area contributed by atoms with Gasteiger partial charge in [-0.15, -0.1) is 0 Å². The highest BCUT2D eigenvalue weighted by Crippen LogP contribution is 2.33. The molecule has 0 atom stereocenters. The van der Waals surface area contributed by atoms with Gasteiger partial charge in [-0.2, -0.15) is 0 Å². The van der Waals surface area contributed by atoms with Crippen LogP contribution >= 0.6 is 34.8 Å². The lowest BCUT2D eigenvalue weighted by Crippen LogP contribution is -2.35. The fraction of sp³-hybridized carbons (Fsp3) is 0.133. The van der Waals surface area contributed by atoms with Crippen LogP contribution in [0, 0.1) is 17.0 Å². The second kappa shape index (κ2) is 7.79. The fourth-order valence-electron chi connectivity index (χ4n) is 2.24. The summed E-state index contributed by atoms with van der Waals surface area (Å²) in [6.07, 6.45) is 0. The van der Waals surface area contributed by atoms with Crippen LogP contribution in [0.4, 0.5) is 11.4 Å². The van der Waals surface area contributed by atoms with Crippen molar-refractivity contribution in [2.24, 2.45) is 0 Å². The number of sulfonamides is 1. The van der Waals surface area contributed by atoms with Crippen LogP contribution in [0.25, 0.3) is 0 Å². The number of hydrogen-bond donors (Lipinski definition) is 0. The van der Waals surface area contributed by atoms with E-state index in [-0.39, 0.29) is 31.9 Å². The zero-order valence-electron chi connectivity index (χ0n) is 13.1. The van der Waals surface area contributed by atoms with Crippen molar-refractivity contribution in [3.63, 3.8) is 0 Å². The molecule has 0 spiro atoms. The molecule has 0 unspecified atom stereocenters. The van der Waals surface area contributed by atoms with Gasteiger partial charge in [-0.05, 0) is 48.4 Å². The zero-order chi connectivity index (χ0) is 19.6. The average molecular weight is 438 g/mol. The first kappa shape index (κ1) is 20.4. The summed E-state index contributed by atoms with van der Waals surface area (Å²) in [4.78, 5) is 21.4. The van der Waals surface area contributed by atoms with Crippen LogP contribution in [-0.2, 0) is 14.8 Å². The third-order valence-corrected chi connectivity index (χ3v) is 5.99. The van der Waals surface area contributed by atoms with Gasteiger partial charge in [0.05, 0.1) is 15.6 Å². The molecule has 0 aliphatic carbocycles. The SMILES string of the molecule is Cc1cc([N+](=O)[O-])ccc1N(CC(=O)Cl)S(=O)(=O)c1cc(Cl)ccc1Cl. The van der Waals surface area contributed by atoms with E-state index in [1.54, 1.807) is 0 Å². The van der Waals surface area contributed by atoms with Gasteiger partial charge in [0, 0.05) is 17.2 Å². The number of carbonyl (C=O) groups excluding carboxylic acids is 1. The first-order valence-corrected chi connectivity index (χ1v) is 9.52. The second-order valence-corrected chi connectivity index (χ2v) is 8.27. The summed E-state index contributed by atoms with van der Waals surface area (Å²) < 4.78 is 26.8. The molecule has 2 aromatic rings. The molecule has 0 radical (unpaired) electrons. The summed E-state index contributed by atoms with van der Waals surface area (Å²) in [7, 11) is -4.32. The predicted molar refractivity (Wildman–Crippen MR) is 99.7 cm³/mol. The Morgan fingerprint density at radius 3 is 2.38 bits per heavy atom. The lowest BCUT2D eigenvalue weighted by Gasteiger charge is -2.25. The first-order chi connectivity index (χ1) is 12.0. The molecule has 2 aromatic carbocycles. The zero-order valence-corrected chi connectivity index (χ0v) is 16.2. The minimum absolute atomic E-state index is 0.0562. The molecular formula is C15H11Cl3N2O5S. The number of halogens is 3. The van der Waals surface area contributed by atoms with E-state index < -0.39 is 26.7 Å². The fourth-order valence-corrected chi connectivity index (χ4v) is 4.66. The quantitative estimate of drug-likeness (QED) is 0.384. The van der Waals surface area contributed by atoms with Crippen LogP contribution in [0.5, 0.6) is 0 Å². The van der Waals surface area contributed by atoms with E-state index in [9.17, 15) is 23.3 Å². The molecule has 138 valence electrons. The van der Waals surface area contributed by atoms with Crippen molar-refractivity contribution >= 4 is 61.4 Å². The molecule has 0 saturated carbocycles. The maximum absolute atomic E-state index is 13.1. The Kier molecular flexibility index (Phi) is 6.13. The Balaban J connectivity index is 2.66. The van der Waals surface area contributed by atoms with E-state index in [1.165, 1.54) is 31.2 Å². The number of hydrogen-bond acceptors (Lipinski definition) is 5. The molecule has 0 N–H and O–H groups in total. The third kappa shape index (κ3) is 4.27. The summed E-state index contributed by atoms with van der Waals surface area (Å²) in [6.45, 7) is 0.786. The van der Waals surface area contributed by atoms with Gasteiger partial charge in [0.1, 0.15) is 11.4 Å². The Hall–Kier alpha value is -1.87. The summed E-state index contributed by atoms with van der Waals surface area (Å²) in [5.74, 6) is 0. The third-order valence-electron chi connectivity index (χ3n) is 3.39. The van der Waals surface area contributed by atoms with Gasteiger partial charge >= 0.3 is 0 Å². The minimum Gasteiger partial charge on any atom is -0.279 e. The van der Waals surface area contributed by atoms with Crippen molar-refractivity contribution in [3.8, 4) is 0 Å². The minimum atomic E-state index is -4.32. The molecule has 0 fully saturated rings. The second-order valence-electron chi connectivity index (χ2n) is 5.17. The molecule has 11 heteroatoms. The van der Waals surface area contributed by atoms with Crippen LogP contribution in [0.2, 0.25) is 10.0 Å². The van der Waals surface area contributed by atoms with Gasteiger partial charge in [0.15, 0.2) is 0 Å². The van der Waals surface area contributed by atoms with Crippen LogP contribution < -0.4 is 4.31 Å². The van der Waals surface area contributed by atoms with Crippen LogP contribution in [0.15, 0.2) is 41.3 Å². The van der Waals surface area contributed by atoms with Crippen LogP contribution in [0.1, 0.15) is 5.56 Å². The van der Waals surface area contributed by atoms with Crippen molar-refractivity contribution < 1.29 is 18.1 Å². The number of nitrogens with zero attached hydrogens (tertiary/aromatic N) is 2. The first-order valence-electron chi connectivity index (χ1n) is 6.95. The topological polar surface area (TPSA) is 97.6 Å². The van der Waals surface area contributed by atoms with Gasteiger partial charge < -0.3 is 0 Å². The van der Waals surface area contributed by atoms with Crippen molar-refractivity contribution in [2.75, 3.05) is 10.8 Å². The van der Waals surface area contributed by atoms with Crippen molar-refractivity contribution in [3.05, 3.63) is 62.1 Å². The number of non-ortho nitro benzene ring substituents is 1. The standard InChI is InChI=1S/C15H11Cl3N2O5S/c1-9-6-11(20(22)23)3-5-13(9)19(8-15(18)21)26(24,25)14-7-10(16)2-4-12(14)17/h2-7H,8H2,1H3. The van der Waals surface area contributed by atoms with E-state index >= 15 is 0 Å². The van der Waals surface area contributed by atoms with Crippen LogP contribution in [-0.4, -0.2) is 25.1 Å². The normalized spacial score (nSPS) is 11.2. The number of nitro groups is 1. The van der Waals surface area contributed by atoms with Crippen molar-refractivity contribution in [1.82, 2.24) is 0 Å². The summed E-state index contributed by atoms with van der Waals surface area (Å²) >= 11 is 17.2. The highest BCUT2D eigenvalue weighted by Gasteiger charge is 2.30. The molecule has 2 rings (SSSR count). The number of rotatable bonds is 6. The van der Waals surface area contributed by atoms with Gasteiger partial charge in [0.2, 0.25) is 5.24 Å². The largest absolute Gasteiger partial charge is 0.279 e. The Bertz CT molecular complexity index is 995. The maximum Gasteiger partial charge on any atom is 0.269 e. The molecule has 0 bridgehead atoms. The molecule has 0 saturated heterocycles. The number of carbonyl (C=O) groups is 1. The molecule has 0 aliphatic heterocycles. The average Bonchev–Trinajstić information content (AvgIpc) is 2.54. The molecule has 0 heterocycles. The molecule has 0 aliphatic rings. The van der Waals surface area contributed by atoms with Gasteiger partial charge in [-0.25, -0.2) is 8.42 Å². The van der Waals surface area contributed by atoms with E-state index in [0.29, 0.717) is 0 Å². The monoisotopic (exact) mass is 436 g/mol. The maximum atomic E-state index is 13.1. The molecule has 0 amide bonds. The number of aryl methyl sites for hydroxylation is 1. The predicted octanol–water partition coefficient (Wildman–Crippen LogP) is 4.17. The molecule has 7 nitrogen and oxygen atoms in total. The highest BCUT2D eigenvalue weighted by atomic mass is 35.5. The summed E-state index contributed by atoms with van der Waals surface area (Å²) in [5, 5.41) is 9.97. The number of nitro benzene ring substituents is 1. The van der Waals surface area contributed by atoms with Crippen molar-refractivity contribution in [2.45, 2.75) is 11.8 Å². The molecule has 26 heavy (non-hydrogen) atoms. The van der Waals surface area contributed by atoms with E-state index in [0.717, 1.165) is 16.4 Å². The number of anilines is 1. The summed E-state index contributed by atoms with van der Waals surface area (Å²) in [6, 6.07) is 7.41. The number of benzene rings is 2.